The molecule has 0 aromatic heterocycles. The van der Waals surface area contributed by atoms with Crippen molar-refractivity contribution in [2.45, 2.75) is 19.6 Å². The van der Waals surface area contributed by atoms with E-state index in [4.69, 9.17) is 4.74 Å². The lowest BCUT2D eigenvalue weighted by Gasteiger charge is -2.17. The van der Waals surface area contributed by atoms with E-state index in [0.717, 1.165) is 22.6 Å². The van der Waals surface area contributed by atoms with Gasteiger partial charge < -0.3 is 10.1 Å². The SMILES string of the molecule is CC(Nc1cccc(F)c1I)c1ccc(OCc2ccccc2)cc1. The van der Waals surface area contributed by atoms with Gasteiger partial charge in [-0.15, -0.1) is 0 Å². The molecule has 0 saturated heterocycles. The number of benzene rings is 3. The zero-order valence-electron chi connectivity index (χ0n) is 13.9. The van der Waals surface area contributed by atoms with Crippen molar-refractivity contribution < 1.29 is 9.13 Å². The van der Waals surface area contributed by atoms with E-state index < -0.39 is 0 Å². The van der Waals surface area contributed by atoms with Crippen molar-refractivity contribution in [1.82, 2.24) is 0 Å². The molecule has 3 aromatic carbocycles. The van der Waals surface area contributed by atoms with Crippen molar-refractivity contribution in [2.24, 2.45) is 0 Å². The Kier molecular flexibility index (Phi) is 5.91. The molecular weight excluding hydrogens is 428 g/mol. The fourth-order valence-electron chi connectivity index (χ4n) is 2.53. The third-order valence-electron chi connectivity index (χ3n) is 3.95. The first-order chi connectivity index (χ1) is 12.1. The van der Waals surface area contributed by atoms with Gasteiger partial charge in [0.25, 0.3) is 0 Å². The summed E-state index contributed by atoms with van der Waals surface area (Å²) < 4.78 is 20.1. The topological polar surface area (TPSA) is 21.3 Å². The molecule has 2 nitrogen and oxygen atoms in total. The summed E-state index contributed by atoms with van der Waals surface area (Å²) in [4.78, 5) is 0. The summed E-state index contributed by atoms with van der Waals surface area (Å²) >= 11 is 2.02. The Hall–Kier alpha value is -2.08. The average Bonchev–Trinajstić information content (AvgIpc) is 2.65. The molecule has 0 saturated carbocycles. The van der Waals surface area contributed by atoms with E-state index >= 15 is 0 Å². The summed E-state index contributed by atoms with van der Waals surface area (Å²) in [7, 11) is 0. The quantitative estimate of drug-likeness (QED) is 0.456. The van der Waals surface area contributed by atoms with Crippen LogP contribution in [0.4, 0.5) is 10.1 Å². The maximum Gasteiger partial charge on any atom is 0.138 e. The van der Waals surface area contributed by atoms with E-state index in [1.54, 1.807) is 6.07 Å². The summed E-state index contributed by atoms with van der Waals surface area (Å²) in [6, 6.07) is 23.2. The Morgan fingerprint density at radius 1 is 0.960 bits per heavy atom. The molecule has 0 aliphatic heterocycles. The Bertz CT molecular complexity index is 821. The third-order valence-corrected chi connectivity index (χ3v) is 5.05. The van der Waals surface area contributed by atoms with E-state index in [9.17, 15) is 4.39 Å². The molecule has 3 rings (SSSR count). The highest BCUT2D eigenvalue weighted by atomic mass is 127. The molecule has 0 aliphatic rings. The summed E-state index contributed by atoms with van der Waals surface area (Å²) in [5.41, 5.74) is 3.06. The molecule has 0 fully saturated rings. The van der Waals surface area contributed by atoms with Crippen LogP contribution in [-0.4, -0.2) is 0 Å². The van der Waals surface area contributed by atoms with Crippen molar-refractivity contribution in [2.75, 3.05) is 5.32 Å². The Morgan fingerprint density at radius 2 is 1.68 bits per heavy atom. The van der Waals surface area contributed by atoms with Crippen molar-refractivity contribution >= 4 is 28.3 Å². The molecule has 0 aliphatic carbocycles. The molecule has 25 heavy (non-hydrogen) atoms. The van der Waals surface area contributed by atoms with Gasteiger partial charge in [0.2, 0.25) is 0 Å². The molecule has 4 heteroatoms. The summed E-state index contributed by atoms with van der Waals surface area (Å²) in [5.74, 6) is 0.627. The molecule has 0 radical (unpaired) electrons. The van der Waals surface area contributed by atoms with Crippen LogP contribution >= 0.6 is 22.6 Å². The first-order valence-corrected chi connectivity index (χ1v) is 9.18. The van der Waals surface area contributed by atoms with Gasteiger partial charge in [0.15, 0.2) is 0 Å². The molecule has 1 unspecified atom stereocenters. The second-order valence-corrected chi connectivity index (χ2v) is 6.89. The zero-order chi connectivity index (χ0) is 17.6. The van der Waals surface area contributed by atoms with Crippen LogP contribution in [0.5, 0.6) is 5.75 Å². The molecular formula is C21H19FINO. The number of rotatable bonds is 6. The zero-order valence-corrected chi connectivity index (χ0v) is 16.0. The van der Waals surface area contributed by atoms with Gasteiger partial charge in [0, 0.05) is 6.04 Å². The normalized spacial score (nSPS) is 11.8. The lowest BCUT2D eigenvalue weighted by atomic mass is 10.1. The molecule has 3 aromatic rings. The summed E-state index contributed by atoms with van der Waals surface area (Å²) in [6.45, 7) is 2.61. The van der Waals surface area contributed by atoms with Crippen LogP contribution in [0.1, 0.15) is 24.1 Å². The maximum atomic E-state index is 13.6. The number of nitrogens with one attached hydrogen (secondary N) is 1. The largest absolute Gasteiger partial charge is 0.489 e. The molecule has 0 spiro atoms. The van der Waals surface area contributed by atoms with Crippen molar-refractivity contribution in [3.63, 3.8) is 0 Å². The number of anilines is 1. The van der Waals surface area contributed by atoms with E-state index in [0.29, 0.717) is 10.2 Å². The number of ether oxygens (including phenoxy) is 1. The highest BCUT2D eigenvalue weighted by molar-refractivity contribution is 14.1. The van der Waals surface area contributed by atoms with Gasteiger partial charge in [-0.2, -0.15) is 0 Å². The molecule has 0 bridgehead atoms. The van der Waals surface area contributed by atoms with Crippen LogP contribution in [0.25, 0.3) is 0 Å². The Labute approximate surface area is 161 Å². The predicted octanol–water partition coefficient (Wildman–Crippen LogP) is 6.18. The van der Waals surface area contributed by atoms with E-state index in [1.807, 2.05) is 83.3 Å². The van der Waals surface area contributed by atoms with Crippen LogP contribution in [-0.2, 0) is 6.61 Å². The number of hydrogen-bond donors (Lipinski definition) is 1. The first-order valence-electron chi connectivity index (χ1n) is 8.11. The van der Waals surface area contributed by atoms with Gasteiger partial charge in [0.05, 0.1) is 9.26 Å². The van der Waals surface area contributed by atoms with Gasteiger partial charge in [-0.05, 0) is 64.9 Å². The lowest BCUT2D eigenvalue weighted by Crippen LogP contribution is -2.08. The van der Waals surface area contributed by atoms with Crippen LogP contribution in [0, 0.1) is 9.39 Å². The fourth-order valence-corrected chi connectivity index (χ4v) is 3.04. The van der Waals surface area contributed by atoms with Gasteiger partial charge in [-0.25, -0.2) is 4.39 Å². The van der Waals surface area contributed by atoms with Crippen LogP contribution in [0.15, 0.2) is 72.8 Å². The average molecular weight is 447 g/mol. The van der Waals surface area contributed by atoms with Crippen molar-refractivity contribution in [1.29, 1.82) is 0 Å². The number of halogens is 2. The smallest absolute Gasteiger partial charge is 0.138 e. The van der Waals surface area contributed by atoms with Gasteiger partial charge in [-0.1, -0.05) is 48.5 Å². The third kappa shape index (κ3) is 4.72. The van der Waals surface area contributed by atoms with Crippen LogP contribution in [0.3, 0.4) is 0 Å². The predicted molar refractivity (Wildman–Crippen MR) is 108 cm³/mol. The minimum atomic E-state index is -0.206. The molecule has 128 valence electrons. The first kappa shape index (κ1) is 17.7. The molecule has 1 N–H and O–H groups in total. The van der Waals surface area contributed by atoms with E-state index in [1.165, 1.54) is 6.07 Å². The molecule has 0 heterocycles. The van der Waals surface area contributed by atoms with Crippen LogP contribution in [0.2, 0.25) is 0 Å². The monoisotopic (exact) mass is 447 g/mol. The summed E-state index contributed by atoms with van der Waals surface area (Å²) in [6.07, 6.45) is 0. The minimum absolute atomic E-state index is 0.0680. The van der Waals surface area contributed by atoms with Crippen molar-refractivity contribution in [3.8, 4) is 5.75 Å². The van der Waals surface area contributed by atoms with Crippen molar-refractivity contribution in [3.05, 3.63) is 93.3 Å². The summed E-state index contributed by atoms with van der Waals surface area (Å²) in [5, 5.41) is 3.36. The highest BCUT2D eigenvalue weighted by Crippen LogP contribution is 2.26. The van der Waals surface area contributed by atoms with Gasteiger partial charge in [0.1, 0.15) is 18.2 Å². The highest BCUT2D eigenvalue weighted by Gasteiger charge is 2.10. The Morgan fingerprint density at radius 3 is 2.40 bits per heavy atom. The molecule has 0 amide bonds. The van der Waals surface area contributed by atoms with E-state index in [2.05, 4.69) is 12.2 Å². The van der Waals surface area contributed by atoms with Gasteiger partial charge >= 0.3 is 0 Å². The minimum Gasteiger partial charge on any atom is -0.489 e. The fraction of sp³-hybridized carbons (Fsp3) is 0.143. The second-order valence-electron chi connectivity index (χ2n) is 5.81. The van der Waals surface area contributed by atoms with E-state index in [-0.39, 0.29) is 11.9 Å². The number of hydrogen-bond acceptors (Lipinski definition) is 2. The Balaban J connectivity index is 1.62. The van der Waals surface area contributed by atoms with Gasteiger partial charge in [-0.3, -0.25) is 0 Å². The molecule has 1 atom stereocenters. The second kappa shape index (κ2) is 8.34. The maximum absolute atomic E-state index is 13.6. The van der Waals surface area contributed by atoms with Crippen LogP contribution < -0.4 is 10.1 Å². The standard InChI is InChI=1S/C21H19FINO/c1-15(24-20-9-5-8-19(22)21(20)23)17-10-12-18(13-11-17)25-14-16-6-3-2-4-7-16/h2-13,15,24H,14H2,1H3. The lowest BCUT2D eigenvalue weighted by molar-refractivity contribution is 0.306.